The van der Waals surface area contributed by atoms with Crippen LogP contribution in [-0.4, -0.2) is 33.9 Å². The highest BCUT2D eigenvalue weighted by Gasteiger charge is 2.58. The quantitative estimate of drug-likeness (QED) is 0.781. The van der Waals surface area contributed by atoms with Crippen LogP contribution in [0.25, 0.3) is 0 Å². The van der Waals surface area contributed by atoms with Crippen molar-refractivity contribution >= 4 is 5.91 Å². The molecule has 1 heterocycles. The van der Waals surface area contributed by atoms with E-state index in [1.54, 1.807) is 24.3 Å². The van der Waals surface area contributed by atoms with Crippen molar-refractivity contribution in [2.45, 2.75) is 31.3 Å². The number of aliphatic hydroxyl groups is 1. The molecule has 0 aliphatic rings. The van der Waals surface area contributed by atoms with E-state index in [4.69, 9.17) is 4.74 Å². The molecule has 1 unspecified atom stereocenters. The van der Waals surface area contributed by atoms with Crippen molar-refractivity contribution in [3.05, 3.63) is 53.6 Å². The summed E-state index contributed by atoms with van der Waals surface area (Å²) < 4.78 is 46.4. The van der Waals surface area contributed by atoms with E-state index in [2.05, 4.69) is 10.3 Å². The largest absolute Gasteiger partial charge is 0.425 e. The molecule has 0 saturated carbocycles. The molecule has 0 fully saturated rings. The van der Waals surface area contributed by atoms with Crippen LogP contribution < -0.4 is 5.32 Å². The Bertz CT molecular complexity index is 761. The van der Waals surface area contributed by atoms with Crippen LogP contribution in [0.2, 0.25) is 0 Å². The number of aromatic nitrogens is 2. The lowest BCUT2D eigenvalue weighted by molar-refractivity contribution is -0.271. The molecule has 1 aromatic heterocycles. The van der Waals surface area contributed by atoms with Gasteiger partial charge in [-0.25, -0.2) is 4.98 Å². The summed E-state index contributed by atoms with van der Waals surface area (Å²) in [5, 5.41) is 12.6. The predicted octanol–water partition coefficient (Wildman–Crippen LogP) is 2.02. The minimum Gasteiger partial charge on any atom is -0.380 e. The first-order valence-corrected chi connectivity index (χ1v) is 7.78. The summed E-state index contributed by atoms with van der Waals surface area (Å²) in [6, 6.07) is 7.08. The number of hydrogen-bond acceptors (Lipinski definition) is 4. The maximum absolute atomic E-state index is 13.4. The second-order valence-electron chi connectivity index (χ2n) is 5.88. The summed E-state index contributed by atoms with van der Waals surface area (Å²) >= 11 is 0. The second-order valence-corrected chi connectivity index (χ2v) is 5.88. The molecule has 1 amide bonds. The van der Waals surface area contributed by atoms with Gasteiger partial charge in [-0.2, -0.15) is 13.2 Å². The number of alkyl halides is 3. The predicted molar refractivity (Wildman–Crippen MR) is 86.8 cm³/mol. The minimum atomic E-state index is -5.06. The topological polar surface area (TPSA) is 76.4 Å². The molecule has 0 aliphatic heterocycles. The summed E-state index contributed by atoms with van der Waals surface area (Å²) in [5.41, 5.74) is -1.85. The van der Waals surface area contributed by atoms with Crippen LogP contribution >= 0.6 is 0 Å². The lowest BCUT2D eigenvalue weighted by Crippen LogP contribution is -2.47. The first kappa shape index (κ1) is 19.9. The summed E-state index contributed by atoms with van der Waals surface area (Å²) in [7, 11) is 2.84. The molecule has 0 spiro atoms. The van der Waals surface area contributed by atoms with Crippen molar-refractivity contribution in [3.8, 4) is 0 Å². The van der Waals surface area contributed by atoms with Crippen LogP contribution in [-0.2, 0) is 35.3 Å². The number of halogens is 3. The number of nitrogens with zero attached hydrogens (tertiary/aromatic N) is 2. The van der Waals surface area contributed by atoms with Gasteiger partial charge >= 0.3 is 6.18 Å². The first-order valence-electron chi connectivity index (χ1n) is 7.78. The fourth-order valence-corrected chi connectivity index (χ4v) is 2.59. The Kier molecular flexibility index (Phi) is 6.04. The van der Waals surface area contributed by atoms with E-state index in [9.17, 15) is 23.1 Å². The molecule has 2 N–H and O–H groups in total. The van der Waals surface area contributed by atoms with E-state index in [1.165, 1.54) is 20.4 Å². The maximum atomic E-state index is 13.4. The minimum absolute atomic E-state index is 0.0207. The van der Waals surface area contributed by atoms with E-state index in [0.29, 0.717) is 6.61 Å². The number of amides is 1. The number of aryl methyl sites for hydroxylation is 1. The fourth-order valence-electron chi connectivity index (χ4n) is 2.59. The van der Waals surface area contributed by atoms with Gasteiger partial charge in [0.2, 0.25) is 11.5 Å². The Morgan fingerprint density at radius 1 is 1.31 bits per heavy atom. The zero-order chi connectivity index (χ0) is 19.4. The number of imidazole rings is 1. The van der Waals surface area contributed by atoms with Gasteiger partial charge in [0, 0.05) is 33.1 Å². The zero-order valence-electron chi connectivity index (χ0n) is 14.4. The van der Waals surface area contributed by atoms with Gasteiger partial charge in [-0.1, -0.05) is 24.3 Å². The van der Waals surface area contributed by atoms with Gasteiger partial charge in [0.05, 0.1) is 13.0 Å². The molecular weight excluding hydrogens is 351 g/mol. The summed E-state index contributed by atoms with van der Waals surface area (Å²) in [5.74, 6) is -1.58. The van der Waals surface area contributed by atoms with E-state index in [0.717, 1.165) is 21.9 Å². The van der Waals surface area contributed by atoms with Crippen molar-refractivity contribution in [2.75, 3.05) is 7.11 Å². The average Bonchev–Trinajstić information content (AvgIpc) is 3.00. The molecule has 0 saturated heterocycles. The standard InChI is InChI=1S/C17H20F3N3O3/c1-23-8-7-21-15(23)16(25,17(18,19)20)9-14(24)22-10-12-5-3-4-6-13(12)11-26-2/h3-8,25H,9-11H2,1-2H3,(H,22,24). The number of methoxy groups -OCH3 is 1. The number of hydrogen-bond donors (Lipinski definition) is 2. The van der Waals surface area contributed by atoms with Crippen LogP contribution in [0.1, 0.15) is 23.4 Å². The summed E-state index contributed by atoms with van der Waals surface area (Å²) in [6.07, 6.45) is -3.85. The smallest absolute Gasteiger partial charge is 0.380 e. The van der Waals surface area contributed by atoms with Crippen molar-refractivity contribution < 1.29 is 27.8 Å². The molecule has 0 aliphatic carbocycles. The molecule has 2 aromatic rings. The number of nitrogens with one attached hydrogen (secondary N) is 1. The third-order valence-electron chi connectivity index (χ3n) is 3.97. The maximum Gasteiger partial charge on any atom is 0.425 e. The number of carbonyl (C=O) groups excluding carboxylic acids is 1. The van der Waals surface area contributed by atoms with Crippen molar-refractivity contribution in [2.24, 2.45) is 7.05 Å². The monoisotopic (exact) mass is 371 g/mol. The van der Waals surface area contributed by atoms with Gasteiger partial charge in [-0.05, 0) is 11.1 Å². The summed E-state index contributed by atoms with van der Waals surface area (Å²) in [4.78, 5) is 15.7. The third-order valence-corrected chi connectivity index (χ3v) is 3.97. The van der Waals surface area contributed by atoms with Crippen LogP contribution in [0.5, 0.6) is 0 Å². The number of rotatable bonds is 7. The second kappa shape index (κ2) is 7.88. The molecule has 1 atom stereocenters. The Morgan fingerprint density at radius 3 is 2.50 bits per heavy atom. The number of benzene rings is 1. The molecule has 0 bridgehead atoms. The van der Waals surface area contributed by atoms with E-state index in [1.807, 2.05) is 0 Å². The van der Waals surface area contributed by atoms with Gasteiger partial charge < -0.3 is 19.7 Å². The highest BCUT2D eigenvalue weighted by atomic mass is 19.4. The van der Waals surface area contributed by atoms with Crippen molar-refractivity contribution in [3.63, 3.8) is 0 Å². The SMILES string of the molecule is COCc1ccccc1CNC(=O)CC(O)(c1nccn1C)C(F)(F)F. The Hall–Kier alpha value is -2.39. The van der Waals surface area contributed by atoms with Crippen molar-refractivity contribution in [1.82, 2.24) is 14.9 Å². The molecular formula is C17H20F3N3O3. The van der Waals surface area contributed by atoms with Crippen LogP contribution in [0.15, 0.2) is 36.7 Å². The van der Waals surface area contributed by atoms with E-state index < -0.39 is 29.9 Å². The van der Waals surface area contributed by atoms with Crippen molar-refractivity contribution in [1.29, 1.82) is 0 Å². The molecule has 9 heteroatoms. The molecule has 0 radical (unpaired) electrons. The molecule has 26 heavy (non-hydrogen) atoms. The average molecular weight is 371 g/mol. The highest BCUT2D eigenvalue weighted by molar-refractivity contribution is 5.77. The third kappa shape index (κ3) is 4.23. The van der Waals surface area contributed by atoms with E-state index in [-0.39, 0.29) is 6.54 Å². The first-order chi connectivity index (χ1) is 12.2. The normalized spacial score (nSPS) is 14.1. The lowest BCUT2D eigenvalue weighted by Gasteiger charge is -2.29. The number of ether oxygens (including phenoxy) is 1. The molecule has 142 valence electrons. The van der Waals surface area contributed by atoms with Gasteiger partial charge in [-0.3, -0.25) is 4.79 Å². The van der Waals surface area contributed by atoms with E-state index >= 15 is 0 Å². The lowest BCUT2D eigenvalue weighted by atomic mass is 9.97. The van der Waals surface area contributed by atoms with Crippen LogP contribution in [0.4, 0.5) is 13.2 Å². The highest BCUT2D eigenvalue weighted by Crippen LogP contribution is 2.40. The summed E-state index contributed by atoms with van der Waals surface area (Å²) in [6.45, 7) is 0.332. The fraction of sp³-hybridized carbons (Fsp3) is 0.412. The molecule has 1 aromatic carbocycles. The zero-order valence-corrected chi connectivity index (χ0v) is 14.4. The van der Waals surface area contributed by atoms with Crippen LogP contribution in [0, 0.1) is 0 Å². The van der Waals surface area contributed by atoms with Gasteiger partial charge in [0.15, 0.2) is 5.82 Å². The van der Waals surface area contributed by atoms with Gasteiger partial charge in [-0.15, -0.1) is 0 Å². The Morgan fingerprint density at radius 2 is 1.96 bits per heavy atom. The molecule has 6 nitrogen and oxygen atoms in total. The Labute approximate surface area is 148 Å². The molecule has 2 rings (SSSR count). The number of carbonyl (C=O) groups is 1. The Balaban J connectivity index is 2.13. The van der Waals surface area contributed by atoms with Crippen LogP contribution in [0.3, 0.4) is 0 Å². The van der Waals surface area contributed by atoms with Gasteiger partial charge in [0.1, 0.15) is 0 Å². The van der Waals surface area contributed by atoms with Gasteiger partial charge in [0.25, 0.3) is 0 Å².